The van der Waals surface area contributed by atoms with E-state index in [2.05, 4.69) is 10.6 Å². The third-order valence-corrected chi connectivity index (χ3v) is 3.77. The van der Waals surface area contributed by atoms with Gasteiger partial charge >= 0.3 is 0 Å². The van der Waals surface area contributed by atoms with Crippen LogP contribution in [0.1, 0.15) is 19.3 Å². The molecule has 1 unspecified atom stereocenters. The zero-order valence-electron chi connectivity index (χ0n) is 7.71. The van der Waals surface area contributed by atoms with Crippen LogP contribution < -0.4 is 10.6 Å². The van der Waals surface area contributed by atoms with Crippen LogP contribution in [0.5, 0.6) is 0 Å². The molecule has 13 heavy (non-hydrogen) atoms. The lowest BCUT2D eigenvalue weighted by molar-refractivity contribution is -0.119. The largest absolute Gasteiger partial charge is 0.351 e. The lowest BCUT2D eigenvalue weighted by Crippen LogP contribution is -2.37. The van der Waals surface area contributed by atoms with Gasteiger partial charge in [0.25, 0.3) is 0 Å². The number of amides is 1. The highest BCUT2D eigenvalue weighted by molar-refractivity contribution is 8.00. The summed E-state index contributed by atoms with van der Waals surface area (Å²) in [6.07, 6.45) is 3.70. The minimum atomic E-state index is 0.214. The normalized spacial score (nSPS) is 27.5. The number of carbonyl (C=O) groups excluding carboxylic acids is 1. The van der Waals surface area contributed by atoms with Crippen LogP contribution in [0.4, 0.5) is 0 Å². The zero-order chi connectivity index (χ0) is 9.10. The second kappa shape index (κ2) is 4.33. The molecule has 0 aromatic carbocycles. The van der Waals surface area contributed by atoms with Crippen LogP contribution in [0.15, 0.2) is 0 Å². The van der Waals surface area contributed by atoms with Crippen LogP contribution in [-0.4, -0.2) is 36.0 Å². The Morgan fingerprint density at radius 1 is 1.46 bits per heavy atom. The second-order valence-electron chi connectivity index (χ2n) is 3.77. The summed E-state index contributed by atoms with van der Waals surface area (Å²) in [4.78, 5) is 11.4. The van der Waals surface area contributed by atoms with Gasteiger partial charge in [-0.15, -0.1) is 11.8 Å². The van der Waals surface area contributed by atoms with Gasteiger partial charge in [-0.3, -0.25) is 4.79 Å². The molecule has 3 nitrogen and oxygen atoms in total. The van der Waals surface area contributed by atoms with E-state index in [1.807, 2.05) is 0 Å². The monoisotopic (exact) mass is 200 g/mol. The number of thioether (sulfide) groups is 1. The number of rotatable bonds is 4. The SMILES string of the molecule is O=C(CSC1CC1)NC1CCNC1. The first-order chi connectivity index (χ1) is 6.34. The van der Waals surface area contributed by atoms with E-state index in [1.54, 1.807) is 11.8 Å². The average molecular weight is 200 g/mol. The van der Waals surface area contributed by atoms with Crippen molar-refractivity contribution in [3.63, 3.8) is 0 Å². The van der Waals surface area contributed by atoms with Crippen LogP contribution >= 0.6 is 11.8 Å². The van der Waals surface area contributed by atoms with Gasteiger partial charge in [0.1, 0.15) is 0 Å². The molecule has 0 radical (unpaired) electrons. The smallest absolute Gasteiger partial charge is 0.230 e. The van der Waals surface area contributed by atoms with Gasteiger partial charge in [-0.25, -0.2) is 0 Å². The molecular weight excluding hydrogens is 184 g/mol. The molecule has 1 saturated heterocycles. The number of nitrogens with one attached hydrogen (secondary N) is 2. The third-order valence-electron chi connectivity index (χ3n) is 2.40. The lowest BCUT2D eigenvalue weighted by atomic mass is 10.3. The minimum Gasteiger partial charge on any atom is -0.351 e. The highest BCUT2D eigenvalue weighted by Gasteiger charge is 2.23. The first-order valence-electron chi connectivity index (χ1n) is 4.96. The molecule has 74 valence electrons. The predicted molar refractivity (Wildman–Crippen MR) is 54.9 cm³/mol. The van der Waals surface area contributed by atoms with Gasteiger partial charge in [0.15, 0.2) is 0 Å². The number of carbonyl (C=O) groups is 1. The highest BCUT2D eigenvalue weighted by atomic mass is 32.2. The Labute approximate surface area is 83.0 Å². The summed E-state index contributed by atoms with van der Waals surface area (Å²) in [5, 5.41) is 7.06. The summed E-state index contributed by atoms with van der Waals surface area (Å²) >= 11 is 1.80. The minimum absolute atomic E-state index is 0.214. The molecule has 1 aliphatic heterocycles. The molecule has 2 N–H and O–H groups in total. The van der Waals surface area contributed by atoms with E-state index in [4.69, 9.17) is 0 Å². The Morgan fingerprint density at radius 3 is 2.92 bits per heavy atom. The fourth-order valence-corrected chi connectivity index (χ4v) is 2.42. The van der Waals surface area contributed by atoms with E-state index < -0.39 is 0 Å². The van der Waals surface area contributed by atoms with Gasteiger partial charge in [-0.1, -0.05) is 0 Å². The fourth-order valence-electron chi connectivity index (χ4n) is 1.48. The van der Waals surface area contributed by atoms with Crippen molar-refractivity contribution in [1.29, 1.82) is 0 Å². The molecule has 0 aromatic rings. The van der Waals surface area contributed by atoms with Gasteiger partial charge in [-0.2, -0.15) is 0 Å². The van der Waals surface area contributed by atoms with Crippen molar-refractivity contribution < 1.29 is 4.79 Å². The van der Waals surface area contributed by atoms with Crippen molar-refractivity contribution in [3.8, 4) is 0 Å². The lowest BCUT2D eigenvalue weighted by Gasteiger charge is -2.10. The molecule has 0 aromatic heterocycles. The Hall–Kier alpha value is -0.220. The predicted octanol–water partition coefficient (Wildman–Crippen LogP) is 0.360. The van der Waals surface area contributed by atoms with Crippen LogP contribution in [0.3, 0.4) is 0 Å². The van der Waals surface area contributed by atoms with Gasteiger partial charge in [0, 0.05) is 17.8 Å². The molecular formula is C9H16N2OS. The first-order valence-corrected chi connectivity index (χ1v) is 6.01. The average Bonchev–Trinajstić information content (AvgIpc) is 2.82. The Balaban J connectivity index is 1.59. The summed E-state index contributed by atoms with van der Waals surface area (Å²) in [6.45, 7) is 1.99. The maximum absolute atomic E-state index is 11.4. The van der Waals surface area contributed by atoms with E-state index in [0.29, 0.717) is 11.8 Å². The molecule has 1 atom stereocenters. The Kier molecular flexibility index (Phi) is 3.11. The number of hydrogen-bond acceptors (Lipinski definition) is 3. The van der Waals surface area contributed by atoms with Crippen LogP contribution in [0.25, 0.3) is 0 Å². The Bertz CT molecular complexity index is 188. The molecule has 0 bridgehead atoms. The molecule has 1 saturated carbocycles. The van der Waals surface area contributed by atoms with Crippen LogP contribution in [-0.2, 0) is 4.79 Å². The van der Waals surface area contributed by atoms with Crippen molar-refractivity contribution >= 4 is 17.7 Å². The molecule has 2 fully saturated rings. The highest BCUT2D eigenvalue weighted by Crippen LogP contribution is 2.33. The Morgan fingerprint density at radius 2 is 2.31 bits per heavy atom. The molecule has 2 rings (SSSR count). The van der Waals surface area contributed by atoms with Crippen molar-refractivity contribution in [2.24, 2.45) is 0 Å². The van der Waals surface area contributed by atoms with Crippen LogP contribution in [0.2, 0.25) is 0 Å². The van der Waals surface area contributed by atoms with Crippen molar-refractivity contribution in [3.05, 3.63) is 0 Å². The maximum Gasteiger partial charge on any atom is 0.230 e. The van der Waals surface area contributed by atoms with Crippen molar-refractivity contribution in [2.45, 2.75) is 30.6 Å². The van der Waals surface area contributed by atoms with Gasteiger partial charge < -0.3 is 10.6 Å². The molecule has 0 spiro atoms. The van der Waals surface area contributed by atoms with E-state index >= 15 is 0 Å². The van der Waals surface area contributed by atoms with E-state index in [-0.39, 0.29) is 5.91 Å². The third kappa shape index (κ3) is 3.19. The molecule has 1 aliphatic carbocycles. The van der Waals surface area contributed by atoms with Gasteiger partial charge in [-0.05, 0) is 25.8 Å². The quantitative estimate of drug-likeness (QED) is 0.688. The van der Waals surface area contributed by atoms with E-state index in [1.165, 1.54) is 12.8 Å². The van der Waals surface area contributed by atoms with Crippen molar-refractivity contribution in [2.75, 3.05) is 18.8 Å². The zero-order valence-corrected chi connectivity index (χ0v) is 8.53. The van der Waals surface area contributed by atoms with Gasteiger partial charge in [0.2, 0.25) is 5.91 Å². The summed E-state index contributed by atoms with van der Waals surface area (Å²) in [5.74, 6) is 0.867. The van der Waals surface area contributed by atoms with Gasteiger partial charge in [0.05, 0.1) is 5.75 Å². The van der Waals surface area contributed by atoms with Crippen molar-refractivity contribution in [1.82, 2.24) is 10.6 Å². The summed E-state index contributed by atoms with van der Waals surface area (Å²) < 4.78 is 0. The second-order valence-corrected chi connectivity index (χ2v) is 5.06. The molecule has 1 heterocycles. The topological polar surface area (TPSA) is 41.1 Å². The summed E-state index contributed by atoms with van der Waals surface area (Å²) in [7, 11) is 0. The summed E-state index contributed by atoms with van der Waals surface area (Å²) in [6, 6.07) is 0.382. The standard InChI is InChI=1S/C9H16N2OS/c12-9(6-13-8-1-2-8)11-7-3-4-10-5-7/h7-8,10H,1-6H2,(H,11,12). The molecule has 1 amide bonds. The fraction of sp³-hybridized carbons (Fsp3) is 0.889. The molecule has 4 heteroatoms. The first kappa shape index (κ1) is 9.34. The van der Waals surface area contributed by atoms with E-state index in [0.717, 1.165) is 24.8 Å². The molecule has 2 aliphatic rings. The number of hydrogen-bond donors (Lipinski definition) is 2. The van der Waals surface area contributed by atoms with E-state index in [9.17, 15) is 4.79 Å². The summed E-state index contributed by atoms with van der Waals surface area (Å²) in [5.41, 5.74) is 0. The maximum atomic E-state index is 11.4. The van der Waals surface area contributed by atoms with Crippen LogP contribution in [0, 0.1) is 0 Å².